The summed E-state index contributed by atoms with van der Waals surface area (Å²) in [5.41, 5.74) is 0. The molecule has 0 spiro atoms. The molecule has 0 radical (unpaired) electrons. The van der Waals surface area contributed by atoms with E-state index in [1.807, 2.05) is 0 Å². The molecule has 0 heterocycles. The summed E-state index contributed by atoms with van der Waals surface area (Å²) in [5, 5.41) is 0. The fraction of sp³-hybridized carbons (Fsp3) is 1.00. The molecule has 4 unspecified atom stereocenters. The highest BCUT2D eigenvalue weighted by molar-refractivity contribution is 4.87. The van der Waals surface area contributed by atoms with Crippen molar-refractivity contribution in [2.75, 3.05) is 0 Å². The van der Waals surface area contributed by atoms with Crippen LogP contribution in [0.3, 0.4) is 0 Å². The van der Waals surface area contributed by atoms with Crippen LogP contribution in [0.4, 0.5) is 0 Å². The van der Waals surface area contributed by atoms with Crippen LogP contribution in [-0.4, -0.2) is 0 Å². The summed E-state index contributed by atoms with van der Waals surface area (Å²) in [6.07, 6.45) is 4.38. The second kappa shape index (κ2) is 5.37. The Bertz CT molecular complexity index is 178. The molecular weight excluding hydrogens is 180 g/mol. The Labute approximate surface area is 96.8 Å². The average Bonchev–Trinajstić information content (AvgIpc) is 2.31. The fourth-order valence-corrected chi connectivity index (χ4v) is 3.55. The van der Waals surface area contributed by atoms with Gasteiger partial charge in [-0.05, 0) is 54.8 Å². The molecule has 0 aromatic rings. The van der Waals surface area contributed by atoms with Crippen LogP contribution >= 0.6 is 0 Å². The van der Waals surface area contributed by atoms with Crippen molar-refractivity contribution in [3.63, 3.8) is 0 Å². The van der Waals surface area contributed by atoms with E-state index < -0.39 is 0 Å². The van der Waals surface area contributed by atoms with Gasteiger partial charge >= 0.3 is 0 Å². The zero-order valence-electron chi connectivity index (χ0n) is 11.6. The maximum absolute atomic E-state index is 2.48. The number of rotatable bonds is 4. The van der Waals surface area contributed by atoms with Crippen molar-refractivity contribution in [2.45, 2.75) is 60.8 Å². The molecule has 0 aliphatic heterocycles. The normalized spacial score (nSPS) is 36.8. The molecule has 4 atom stereocenters. The van der Waals surface area contributed by atoms with Gasteiger partial charge in [0.15, 0.2) is 0 Å². The van der Waals surface area contributed by atoms with Crippen LogP contribution in [0.1, 0.15) is 60.8 Å². The fourth-order valence-electron chi connectivity index (χ4n) is 3.55. The van der Waals surface area contributed by atoms with Crippen LogP contribution < -0.4 is 0 Å². The van der Waals surface area contributed by atoms with Crippen LogP contribution in [0.25, 0.3) is 0 Å². The molecule has 0 nitrogen and oxygen atoms in total. The Morgan fingerprint density at radius 3 is 1.93 bits per heavy atom. The minimum Gasteiger partial charge on any atom is -0.0628 e. The Balaban J connectivity index is 2.60. The van der Waals surface area contributed by atoms with Crippen molar-refractivity contribution < 1.29 is 0 Å². The molecule has 1 aliphatic rings. The SMILES string of the molecule is CC(C)CC1CC(C)C(C)C1CC(C)C. The summed E-state index contributed by atoms with van der Waals surface area (Å²) in [6.45, 7) is 14.4. The van der Waals surface area contributed by atoms with E-state index in [4.69, 9.17) is 0 Å². The lowest BCUT2D eigenvalue weighted by atomic mass is 9.79. The highest BCUT2D eigenvalue weighted by Crippen LogP contribution is 2.46. The first kappa shape index (κ1) is 13.1. The molecule has 0 saturated heterocycles. The van der Waals surface area contributed by atoms with Crippen molar-refractivity contribution in [1.29, 1.82) is 0 Å². The van der Waals surface area contributed by atoms with Crippen molar-refractivity contribution in [3.05, 3.63) is 0 Å². The molecule has 15 heavy (non-hydrogen) atoms. The van der Waals surface area contributed by atoms with Gasteiger partial charge in [-0.25, -0.2) is 0 Å². The van der Waals surface area contributed by atoms with E-state index in [2.05, 4.69) is 41.5 Å². The van der Waals surface area contributed by atoms with Gasteiger partial charge in [0.25, 0.3) is 0 Å². The summed E-state index contributed by atoms with van der Waals surface area (Å²) in [7, 11) is 0. The zero-order valence-corrected chi connectivity index (χ0v) is 11.6. The Hall–Kier alpha value is 0. The average molecular weight is 210 g/mol. The van der Waals surface area contributed by atoms with Gasteiger partial charge in [-0.15, -0.1) is 0 Å². The zero-order chi connectivity index (χ0) is 11.6. The van der Waals surface area contributed by atoms with Crippen molar-refractivity contribution in [1.82, 2.24) is 0 Å². The third-order valence-corrected chi connectivity index (χ3v) is 4.37. The van der Waals surface area contributed by atoms with Crippen LogP contribution in [-0.2, 0) is 0 Å². The third-order valence-electron chi connectivity index (χ3n) is 4.37. The lowest BCUT2D eigenvalue weighted by molar-refractivity contribution is 0.237. The van der Waals surface area contributed by atoms with Gasteiger partial charge in [0, 0.05) is 0 Å². The minimum absolute atomic E-state index is 0.873. The summed E-state index contributed by atoms with van der Waals surface area (Å²) >= 11 is 0. The van der Waals surface area contributed by atoms with Gasteiger partial charge in [-0.1, -0.05) is 41.5 Å². The first-order valence-corrected chi connectivity index (χ1v) is 6.91. The van der Waals surface area contributed by atoms with Gasteiger partial charge in [0.1, 0.15) is 0 Å². The number of hydrogen-bond acceptors (Lipinski definition) is 0. The molecular formula is C15H30. The molecule has 0 heteroatoms. The van der Waals surface area contributed by atoms with Gasteiger partial charge < -0.3 is 0 Å². The highest BCUT2D eigenvalue weighted by atomic mass is 14.4. The van der Waals surface area contributed by atoms with E-state index in [0.717, 1.165) is 35.5 Å². The smallest absolute Gasteiger partial charge is 0.0355 e. The van der Waals surface area contributed by atoms with Crippen molar-refractivity contribution >= 4 is 0 Å². The highest BCUT2D eigenvalue weighted by Gasteiger charge is 2.38. The lowest BCUT2D eigenvalue weighted by Gasteiger charge is -2.26. The van der Waals surface area contributed by atoms with Gasteiger partial charge in [0.05, 0.1) is 0 Å². The van der Waals surface area contributed by atoms with Crippen LogP contribution in [0, 0.1) is 35.5 Å². The van der Waals surface area contributed by atoms with Crippen LogP contribution in [0.5, 0.6) is 0 Å². The maximum Gasteiger partial charge on any atom is -0.0355 e. The van der Waals surface area contributed by atoms with Crippen LogP contribution in [0.15, 0.2) is 0 Å². The van der Waals surface area contributed by atoms with Gasteiger partial charge in [0.2, 0.25) is 0 Å². The number of hydrogen-bond donors (Lipinski definition) is 0. The minimum atomic E-state index is 0.873. The summed E-state index contributed by atoms with van der Waals surface area (Å²) in [5.74, 6) is 5.67. The van der Waals surface area contributed by atoms with E-state index in [1.165, 1.54) is 19.3 Å². The third kappa shape index (κ3) is 3.50. The monoisotopic (exact) mass is 210 g/mol. The molecule has 90 valence electrons. The van der Waals surface area contributed by atoms with E-state index in [0.29, 0.717) is 0 Å². The molecule has 0 aromatic heterocycles. The largest absolute Gasteiger partial charge is 0.0628 e. The Kier molecular flexibility index (Phi) is 4.67. The van der Waals surface area contributed by atoms with Gasteiger partial charge in [-0.3, -0.25) is 0 Å². The first-order valence-electron chi connectivity index (χ1n) is 6.91. The second-order valence-electron chi connectivity index (χ2n) is 6.76. The van der Waals surface area contributed by atoms with E-state index in [9.17, 15) is 0 Å². The Morgan fingerprint density at radius 2 is 1.47 bits per heavy atom. The molecule has 0 amide bonds. The predicted molar refractivity (Wildman–Crippen MR) is 68.8 cm³/mol. The van der Waals surface area contributed by atoms with E-state index >= 15 is 0 Å². The summed E-state index contributed by atoms with van der Waals surface area (Å²) in [6, 6.07) is 0. The Morgan fingerprint density at radius 1 is 0.933 bits per heavy atom. The molecule has 1 fully saturated rings. The lowest BCUT2D eigenvalue weighted by Crippen LogP contribution is -2.18. The van der Waals surface area contributed by atoms with Gasteiger partial charge in [-0.2, -0.15) is 0 Å². The van der Waals surface area contributed by atoms with Crippen LogP contribution in [0.2, 0.25) is 0 Å². The summed E-state index contributed by atoms with van der Waals surface area (Å²) in [4.78, 5) is 0. The molecule has 0 aromatic carbocycles. The predicted octanol–water partition coefficient (Wildman–Crippen LogP) is 4.99. The topological polar surface area (TPSA) is 0 Å². The molecule has 1 aliphatic carbocycles. The summed E-state index contributed by atoms with van der Waals surface area (Å²) < 4.78 is 0. The second-order valence-corrected chi connectivity index (χ2v) is 6.76. The van der Waals surface area contributed by atoms with E-state index in [-0.39, 0.29) is 0 Å². The van der Waals surface area contributed by atoms with Crippen molar-refractivity contribution in [2.24, 2.45) is 35.5 Å². The van der Waals surface area contributed by atoms with Crippen molar-refractivity contribution in [3.8, 4) is 0 Å². The quantitative estimate of drug-likeness (QED) is 0.613. The maximum atomic E-state index is 2.48. The standard InChI is InChI=1S/C15H30/c1-10(2)7-14-9-12(5)13(6)15(14)8-11(3)4/h10-15H,7-9H2,1-6H3. The molecule has 1 saturated carbocycles. The molecule has 0 N–H and O–H groups in total. The first-order chi connectivity index (χ1) is 6.91. The molecule has 0 bridgehead atoms. The molecule has 1 rings (SSSR count). The van der Waals surface area contributed by atoms with E-state index in [1.54, 1.807) is 0 Å².